The first-order valence-corrected chi connectivity index (χ1v) is 5.95. The van der Waals surface area contributed by atoms with E-state index in [0.717, 1.165) is 22.7 Å². The van der Waals surface area contributed by atoms with Crippen molar-refractivity contribution in [3.05, 3.63) is 53.6 Å². The molecule has 0 saturated heterocycles. The van der Waals surface area contributed by atoms with Crippen molar-refractivity contribution in [1.29, 1.82) is 0 Å². The Morgan fingerprint density at radius 2 is 2.00 bits per heavy atom. The van der Waals surface area contributed by atoms with E-state index in [-0.39, 0.29) is 0 Å². The van der Waals surface area contributed by atoms with E-state index in [4.69, 9.17) is 17.3 Å². The summed E-state index contributed by atoms with van der Waals surface area (Å²) < 4.78 is 1.91. The fourth-order valence-corrected chi connectivity index (χ4v) is 2.06. The molecule has 0 unspecified atom stereocenters. The maximum Gasteiger partial charge on any atom is 0.164 e. The molecule has 3 rings (SSSR count). The lowest BCUT2D eigenvalue weighted by Crippen LogP contribution is -2.02. The van der Waals surface area contributed by atoms with Crippen molar-refractivity contribution < 1.29 is 0 Å². The first-order valence-electron chi connectivity index (χ1n) is 5.57. The summed E-state index contributed by atoms with van der Waals surface area (Å²) in [4.78, 5) is 8.90. The van der Waals surface area contributed by atoms with Gasteiger partial charge in [0.1, 0.15) is 11.5 Å². The van der Waals surface area contributed by atoms with E-state index in [0.29, 0.717) is 11.6 Å². The van der Waals surface area contributed by atoms with Crippen LogP contribution in [0.25, 0.3) is 16.9 Å². The van der Waals surface area contributed by atoms with E-state index in [1.165, 1.54) is 0 Å². The van der Waals surface area contributed by atoms with Crippen molar-refractivity contribution in [3.63, 3.8) is 0 Å². The number of hydrogen-bond acceptors (Lipinski definition) is 3. The lowest BCUT2D eigenvalue weighted by atomic mass is 10.1. The van der Waals surface area contributed by atoms with Gasteiger partial charge < -0.3 is 5.73 Å². The van der Waals surface area contributed by atoms with Gasteiger partial charge in [0.15, 0.2) is 5.65 Å². The second-order valence-electron chi connectivity index (χ2n) is 3.90. The van der Waals surface area contributed by atoms with Gasteiger partial charge in [0.25, 0.3) is 0 Å². The standard InChI is InChI=1S/C13H11ClN4/c14-10-4-2-9(3-5-10)12-13-16-6-1-7-18(13)11(8-15)17-12/h1-7H,8,15H2. The fourth-order valence-electron chi connectivity index (χ4n) is 1.93. The first kappa shape index (κ1) is 11.2. The Balaban J connectivity index is 2.26. The molecule has 5 heteroatoms. The number of nitrogens with zero attached hydrogens (tertiary/aromatic N) is 3. The Hall–Kier alpha value is -1.91. The predicted octanol–water partition coefficient (Wildman–Crippen LogP) is 2.51. The van der Waals surface area contributed by atoms with Crippen molar-refractivity contribution in [1.82, 2.24) is 14.4 Å². The lowest BCUT2D eigenvalue weighted by molar-refractivity contribution is 0.897. The minimum atomic E-state index is 0.375. The zero-order valence-corrected chi connectivity index (χ0v) is 10.3. The van der Waals surface area contributed by atoms with Crippen LogP contribution in [0.5, 0.6) is 0 Å². The Bertz CT molecular complexity index is 688. The highest BCUT2D eigenvalue weighted by Crippen LogP contribution is 2.24. The zero-order chi connectivity index (χ0) is 12.5. The second kappa shape index (κ2) is 4.40. The number of rotatable bonds is 2. The Labute approximate surface area is 109 Å². The van der Waals surface area contributed by atoms with Crippen LogP contribution < -0.4 is 5.73 Å². The van der Waals surface area contributed by atoms with Gasteiger partial charge in [-0.1, -0.05) is 23.7 Å². The lowest BCUT2D eigenvalue weighted by Gasteiger charge is -1.98. The van der Waals surface area contributed by atoms with E-state index < -0.39 is 0 Å². The summed E-state index contributed by atoms with van der Waals surface area (Å²) in [5.41, 5.74) is 8.31. The van der Waals surface area contributed by atoms with Gasteiger partial charge >= 0.3 is 0 Å². The third-order valence-electron chi connectivity index (χ3n) is 2.78. The van der Waals surface area contributed by atoms with Gasteiger partial charge in [-0.2, -0.15) is 0 Å². The van der Waals surface area contributed by atoms with Crippen LogP contribution in [0.3, 0.4) is 0 Å². The molecular formula is C13H11ClN4. The summed E-state index contributed by atoms with van der Waals surface area (Å²) in [5, 5.41) is 0.703. The molecule has 2 aromatic heterocycles. The fraction of sp³-hybridized carbons (Fsp3) is 0.0769. The van der Waals surface area contributed by atoms with Gasteiger partial charge in [-0.25, -0.2) is 9.97 Å². The van der Waals surface area contributed by atoms with Gasteiger partial charge in [-0.05, 0) is 18.2 Å². The molecule has 0 aliphatic rings. The molecule has 90 valence electrons. The van der Waals surface area contributed by atoms with E-state index in [2.05, 4.69) is 9.97 Å². The number of aromatic nitrogens is 3. The predicted molar refractivity (Wildman–Crippen MR) is 71.3 cm³/mol. The van der Waals surface area contributed by atoms with Crippen LogP contribution >= 0.6 is 11.6 Å². The van der Waals surface area contributed by atoms with Gasteiger partial charge in [-0.15, -0.1) is 0 Å². The molecule has 0 aliphatic carbocycles. The van der Waals surface area contributed by atoms with Crippen molar-refractivity contribution in [2.45, 2.75) is 6.54 Å². The Morgan fingerprint density at radius 3 is 2.72 bits per heavy atom. The number of hydrogen-bond donors (Lipinski definition) is 1. The molecule has 0 saturated carbocycles. The highest BCUT2D eigenvalue weighted by molar-refractivity contribution is 6.30. The summed E-state index contributed by atoms with van der Waals surface area (Å²) in [7, 11) is 0. The quantitative estimate of drug-likeness (QED) is 0.768. The molecule has 0 fully saturated rings. The summed E-state index contributed by atoms with van der Waals surface area (Å²) in [6, 6.07) is 9.40. The van der Waals surface area contributed by atoms with E-state index in [9.17, 15) is 0 Å². The molecule has 0 bridgehead atoms. The molecule has 3 aromatic rings. The van der Waals surface area contributed by atoms with E-state index in [1.54, 1.807) is 6.20 Å². The molecule has 0 amide bonds. The van der Waals surface area contributed by atoms with Crippen LogP contribution in [0.1, 0.15) is 5.82 Å². The van der Waals surface area contributed by atoms with Gasteiger partial charge in [0.05, 0.1) is 6.54 Å². The highest BCUT2D eigenvalue weighted by atomic mass is 35.5. The molecule has 0 aliphatic heterocycles. The summed E-state index contributed by atoms with van der Waals surface area (Å²) in [6.45, 7) is 0.375. The first-order chi connectivity index (χ1) is 8.79. The number of nitrogens with two attached hydrogens (primary N) is 1. The normalized spacial score (nSPS) is 11.0. The molecule has 0 radical (unpaired) electrons. The molecule has 4 nitrogen and oxygen atoms in total. The van der Waals surface area contributed by atoms with Crippen LogP contribution in [0.15, 0.2) is 42.7 Å². The second-order valence-corrected chi connectivity index (χ2v) is 4.34. The largest absolute Gasteiger partial charge is 0.324 e. The summed E-state index contributed by atoms with van der Waals surface area (Å²) >= 11 is 5.89. The summed E-state index contributed by atoms with van der Waals surface area (Å²) in [6.07, 6.45) is 3.66. The topological polar surface area (TPSA) is 56.2 Å². The van der Waals surface area contributed by atoms with Crippen molar-refractivity contribution in [2.75, 3.05) is 0 Å². The van der Waals surface area contributed by atoms with Crippen LogP contribution in [-0.2, 0) is 6.54 Å². The van der Waals surface area contributed by atoms with Crippen LogP contribution in [-0.4, -0.2) is 14.4 Å². The van der Waals surface area contributed by atoms with Crippen LogP contribution in [0, 0.1) is 0 Å². The van der Waals surface area contributed by atoms with Crippen molar-refractivity contribution in [3.8, 4) is 11.3 Å². The number of halogens is 1. The zero-order valence-electron chi connectivity index (χ0n) is 9.55. The molecule has 2 heterocycles. The van der Waals surface area contributed by atoms with Crippen molar-refractivity contribution >= 4 is 17.2 Å². The smallest absolute Gasteiger partial charge is 0.164 e. The monoisotopic (exact) mass is 258 g/mol. The van der Waals surface area contributed by atoms with Gasteiger partial charge in [0.2, 0.25) is 0 Å². The molecular weight excluding hydrogens is 248 g/mol. The molecule has 1 aromatic carbocycles. The van der Waals surface area contributed by atoms with Crippen LogP contribution in [0.4, 0.5) is 0 Å². The number of imidazole rings is 1. The van der Waals surface area contributed by atoms with Gasteiger partial charge in [0, 0.05) is 23.0 Å². The minimum absolute atomic E-state index is 0.375. The van der Waals surface area contributed by atoms with E-state index >= 15 is 0 Å². The van der Waals surface area contributed by atoms with Crippen molar-refractivity contribution in [2.24, 2.45) is 5.73 Å². The average molecular weight is 259 g/mol. The summed E-state index contributed by atoms with van der Waals surface area (Å²) in [5.74, 6) is 0.794. The Kier molecular flexibility index (Phi) is 2.74. The molecule has 18 heavy (non-hydrogen) atoms. The minimum Gasteiger partial charge on any atom is -0.324 e. The Morgan fingerprint density at radius 1 is 1.22 bits per heavy atom. The van der Waals surface area contributed by atoms with Gasteiger partial charge in [-0.3, -0.25) is 4.40 Å². The SMILES string of the molecule is NCc1nc(-c2ccc(Cl)cc2)c2ncccn12. The number of benzene rings is 1. The average Bonchev–Trinajstić information content (AvgIpc) is 2.79. The molecule has 2 N–H and O–H groups in total. The molecule has 0 spiro atoms. The third kappa shape index (κ3) is 1.75. The maximum absolute atomic E-state index is 5.89. The highest BCUT2D eigenvalue weighted by Gasteiger charge is 2.12. The van der Waals surface area contributed by atoms with E-state index in [1.807, 2.05) is 40.9 Å². The molecule has 0 atom stereocenters. The maximum atomic E-state index is 5.89. The number of fused-ring (bicyclic) bond motifs is 1. The third-order valence-corrected chi connectivity index (χ3v) is 3.03. The van der Waals surface area contributed by atoms with Crippen LogP contribution in [0.2, 0.25) is 5.02 Å².